The number of hydrogen-bond acceptors (Lipinski definition) is 7. The quantitative estimate of drug-likeness (QED) is 0.220. The van der Waals surface area contributed by atoms with Crippen LogP contribution in [-0.4, -0.2) is 65.9 Å². The van der Waals surface area contributed by atoms with Gasteiger partial charge in [-0.15, -0.1) is 0 Å². The molecule has 0 fully saturated rings. The minimum atomic E-state index is -1.26. The van der Waals surface area contributed by atoms with Crippen LogP contribution in [0.3, 0.4) is 0 Å². The van der Waals surface area contributed by atoms with E-state index in [1.165, 1.54) is 12.4 Å². The van der Waals surface area contributed by atoms with Gasteiger partial charge in [0, 0.05) is 37.5 Å². The van der Waals surface area contributed by atoms with E-state index >= 15 is 0 Å². The molecule has 162 valence electrons. The zero-order valence-corrected chi connectivity index (χ0v) is 17.4. The average molecular weight is 415 g/mol. The Morgan fingerprint density at radius 2 is 1.80 bits per heavy atom. The molecule has 2 aromatic rings. The van der Waals surface area contributed by atoms with Gasteiger partial charge in [0.25, 0.3) is 11.8 Å². The van der Waals surface area contributed by atoms with Gasteiger partial charge in [0.2, 0.25) is 0 Å². The molecule has 0 saturated heterocycles. The van der Waals surface area contributed by atoms with Crippen molar-refractivity contribution in [3.8, 4) is 11.1 Å². The third-order valence-corrected chi connectivity index (χ3v) is 4.66. The Morgan fingerprint density at radius 1 is 1.13 bits per heavy atom. The van der Waals surface area contributed by atoms with E-state index in [-0.39, 0.29) is 0 Å². The van der Waals surface area contributed by atoms with E-state index in [0.29, 0.717) is 5.56 Å². The topological polar surface area (TPSA) is 127 Å². The standard InChI is InChI=1S/C21H29N5O4/c1-4-22-11-12-26(3)18-10-9-17(13-23-18)15-5-7-16(8-6-15)20(28)24-19(14(2)27)21(29)25-30/h5-10,13-14,19,22,27,30H,4,11-12H2,1-3H3,(H,24,28)(H,25,29)/t14-,19+/m1/s1. The largest absolute Gasteiger partial charge is 0.391 e. The molecule has 2 atom stereocenters. The number of aliphatic hydroxyl groups is 1. The first-order valence-corrected chi connectivity index (χ1v) is 9.78. The highest BCUT2D eigenvalue weighted by atomic mass is 16.5. The first-order valence-electron chi connectivity index (χ1n) is 9.78. The molecule has 9 heteroatoms. The molecule has 9 nitrogen and oxygen atoms in total. The molecule has 0 aliphatic carbocycles. The highest BCUT2D eigenvalue weighted by Crippen LogP contribution is 2.21. The maximum Gasteiger partial charge on any atom is 0.268 e. The van der Waals surface area contributed by atoms with Gasteiger partial charge >= 0.3 is 0 Å². The number of aliphatic hydroxyl groups excluding tert-OH is 1. The van der Waals surface area contributed by atoms with Crippen LogP contribution in [0.1, 0.15) is 24.2 Å². The van der Waals surface area contributed by atoms with Crippen LogP contribution in [0.25, 0.3) is 11.1 Å². The van der Waals surface area contributed by atoms with Crippen molar-refractivity contribution in [1.82, 2.24) is 21.1 Å². The summed E-state index contributed by atoms with van der Waals surface area (Å²) in [6, 6.07) is 9.46. The SMILES string of the molecule is CCNCCN(C)c1ccc(-c2ccc(C(=O)N[C@H](C(=O)NO)[C@@H](C)O)cc2)cn1. The maximum absolute atomic E-state index is 12.3. The lowest BCUT2D eigenvalue weighted by molar-refractivity contribution is -0.133. The molecule has 0 spiro atoms. The Labute approximate surface area is 176 Å². The number of hydroxylamine groups is 1. The summed E-state index contributed by atoms with van der Waals surface area (Å²) in [5.41, 5.74) is 3.55. The van der Waals surface area contributed by atoms with Crippen molar-refractivity contribution >= 4 is 17.6 Å². The molecule has 0 bridgehead atoms. The zero-order valence-electron chi connectivity index (χ0n) is 17.4. The zero-order chi connectivity index (χ0) is 22.1. The van der Waals surface area contributed by atoms with Crippen LogP contribution in [0, 0.1) is 0 Å². The van der Waals surface area contributed by atoms with Gasteiger partial charge in [0.1, 0.15) is 11.9 Å². The third kappa shape index (κ3) is 6.24. The van der Waals surface area contributed by atoms with Gasteiger partial charge in [0.15, 0.2) is 0 Å². The Balaban J connectivity index is 2.04. The Bertz CT molecular complexity index is 824. The molecular formula is C21H29N5O4. The number of likely N-dealkylation sites (N-methyl/N-ethyl adjacent to an activating group) is 2. The van der Waals surface area contributed by atoms with E-state index in [1.807, 2.05) is 19.2 Å². The van der Waals surface area contributed by atoms with Crippen molar-refractivity contribution in [3.05, 3.63) is 48.2 Å². The summed E-state index contributed by atoms with van der Waals surface area (Å²) in [6.45, 7) is 6.08. The Kier molecular flexibility index (Phi) is 8.72. The van der Waals surface area contributed by atoms with E-state index in [0.717, 1.165) is 36.6 Å². The first kappa shape index (κ1) is 23.3. The fraction of sp³-hybridized carbons (Fsp3) is 0.381. The van der Waals surface area contributed by atoms with Gasteiger partial charge in [-0.1, -0.05) is 19.1 Å². The van der Waals surface area contributed by atoms with Gasteiger partial charge in [0.05, 0.1) is 6.10 Å². The molecule has 2 amide bonds. The summed E-state index contributed by atoms with van der Waals surface area (Å²) in [5.74, 6) is -0.553. The van der Waals surface area contributed by atoms with E-state index in [1.54, 1.807) is 30.5 Å². The van der Waals surface area contributed by atoms with Crippen molar-refractivity contribution in [2.75, 3.05) is 31.6 Å². The Hall–Kier alpha value is -3.01. The molecule has 0 aliphatic heterocycles. The van der Waals surface area contributed by atoms with Crippen molar-refractivity contribution < 1.29 is 19.9 Å². The highest BCUT2D eigenvalue weighted by Gasteiger charge is 2.25. The van der Waals surface area contributed by atoms with Crippen molar-refractivity contribution in [3.63, 3.8) is 0 Å². The number of aromatic nitrogens is 1. The predicted molar refractivity (Wildman–Crippen MR) is 114 cm³/mol. The van der Waals surface area contributed by atoms with E-state index in [2.05, 4.69) is 27.4 Å². The van der Waals surface area contributed by atoms with Crippen LogP contribution in [0.4, 0.5) is 5.82 Å². The van der Waals surface area contributed by atoms with Gasteiger partial charge in [-0.2, -0.15) is 0 Å². The van der Waals surface area contributed by atoms with Crippen molar-refractivity contribution in [2.45, 2.75) is 26.0 Å². The van der Waals surface area contributed by atoms with Gasteiger partial charge in [-0.3, -0.25) is 14.8 Å². The van der Waals surface area contributed by atoms with Crippen LogP contribution in [-0.2, 0) is 4.79 Å². The van der Waals surface area contributed by atoms with Gasteiger partial charge in [-0.05, 0) is 43.3 Å². The number of carbonyl (C=O) groups excluding carboxylic acids is 2. The van der Waals surface area contributed by atoms with Crippen LogP contribution in [0.15, 0.2) is 42.6 Å². The molecule has 1 aromatic heterocycles. The highest BCUT2D eigenvalue weighted by molar-refractivity contribution is 5.97. The second-order valence-electron chi connectivity index (χ2n) is 6.93. The molecule has 30 heavy (non-hydrogen) atoms. The molecule has 0 aliphatic rings. The number of rotatable bonds is 10. The maximum atomic E-state index is 12.3. The number of anilines is 1. The van der Waals surface area contributed by atoms with E-state index < -0.39 is 24.0 Å². The number of amides is 2. The summed E-state index contributed by atoms with van der Waals surface area (Å²) in [4.78, 5) is 30.5. The normalized spacial score (nSPS) is 12.7. The second-order valence-corrected chi connectivity index (χ2v) is 6.93. The molecular weight excluding hydrogens is 386 g/mol. The minimum Gasteiger partial charge on any atom is -0.391 e. The van der Waals surface area contributed by atoms with Crippen LogP contribution < -0.4 is 21.0 Å². The number of nitrogens with one attached hydrogen (secondary N) is 3. The Morgan fingerprint density at radius 3 is 2.33 bits per heavy atom. The molecule has 0 unspecified atom stereocenters. The summed E-state index contributed by atoms with van der Waals surface area (Å²) in [5, 5.41) is 24.0. The van der Waals surface area contributed by atoms with Crippen LogP contribution >= 0.6 is 0 Å². The number of hydrogen-bond donors (Lipinski definition) is 5. The molecule has 0 saturated carbocycles. The third-order valence-electron chi connectivity index (χ3n) is 4.66. The van der Waals surface area contributed by atoms with Crippen LogP contribution in [0.5, 0.6) is 0 Å². The fourth-order valence-electron chi connectivity index (χ4n) is 2.83. The summed E-state index contributed by atoms with van der Waals surface area (Å²) < 4.78 is 0. The molecule has 1 heterocycles. The number of nitrogens with zero attached hydrogens (tertiary/aromatic N) is 2. The molecule has 2 rings (SSSR count). The number of carbonyl (C=O) groups is 2. The summed E-state index contributed by atoms with van der Waals surface area (Å²) in [6.07, 6.45) is 0.615. The lowest BCUT2D eigenvalue weighted by atomic mass is 10.0. The summed E-state index contributed by atoms with van der Waals surface area (Å²) >= 11 is 0. The molecule has 1 aromatic carbocycles. The van der Waals surface area contributed by atoms with Gasteiger partial charge < -0.3 is 20.6 Å². The van der Waals surface area contributed by atoms with Crippen LogP contribution in [0.2, 0.25) is 0 Å². The number of benzene rings is 1. The molecule has 0 radical (unpaired) electrons. The lowest BCUT2D eigenvalue weighted by Crippen LogP contribution is -2.51. The smallest absolute Gasteiger partial charge is 0.268 e. The fourth-order valence-corrected chi connectivity index (χ4v) is 2.83. The van der Waals surface area contributed by atoms with Gasteiger partial charge in [-0.25, -0.2) is 10.5 Å². The minimum absolute atomic E-state index is 0.322. The first-order chi connectivity index (χ1) is 14.4. The lowest BCUT2D eigenvalue weighted by Gasteiger charge is -2.19. The summed E-state index contributed by atoms with van der Waals surface area (Å²) in [7, 11) is 1.99. The predicted octanol–water partition coefficient (Wildman–Crippen LogP) is 0.779. The average Bonchev–Trinajstić information content (AvgIpc) is 2.77. The monoisotopic (exact) mass is 415 g/mol. The number of pyridine rings is 1. The second kappa shape index (κ2) is 11.2. The van der Waals surface area contributed by atoms with E-state index in [4.69, 9.17) is 5.21 Å². The van der Waals surface area contributed by atoms with Crippen molar-refractivity contribution in [2.24, 2.45) is 0 Å². The van der Waals surface area contributed by atoms with Crippen molar-refractivity contribution in [1.29, 1.82) is 0 Å². The van der Waals surface area contributed by atoms with E-state index in [9.17, 15) is 14.7 Å². The molecule has 5 N–H and O–H groups in total.